The lowest BCUT2D eigenvalue weighted by Gasteiger charge is -2.05. The summed E-state index contributed by atoms with van der Waals surface area (Å²) in [5.41, 5.74) is -0.141. The third-order valence-corrected chi connectivity index (χ3v) is 3.22. The highest BCUT2D eigenvalue weighted by molar-refractivity contribution is 9.10. The third kappa shape index (κ3) is 2.39. The molecule has 0 radical (unpaired) electrons. The Morgan fingerprint density at radius 2 is 2.00 bits per heavy atom. The molecule has 1 aromatic carbocycles. The number of rotatable bonds is 2. The van der Waals surface area contributed by atoms with E-state index < -0.39 is 0 Å². The molecule has 0 aliphatic rings. The molecule has 6 heteroatoms. The highest BCUT2D eigenvalue weighted by Crippen LogP contribution is 2.15. The standard InChI is InChI=1S/C13H9BrN4O/c14-10-2-3-11-9(6-10)7-17-18(13(11)19)8-12-15-4-1-5-16-12/h1-7H,8H2. The molecule has 19 heavy (non-hydrogen) atoms. The molecule has 0 saturated carbocycles. The molecule has 0 amide bonds. The molecule has 0 fully saturated rings. The molecule has 0 aliphatic carbocycles. The summed E-state index contributed by atoms with van der Waals surface area (Å²) >= 11 is 3.37. The quantitative estimate of drug-likeness (QED) is 0.725. The van der Waals surface area contributed by atoms with Crippen molar-refractivity contribution in [2.75, 3.05) is 0 Å². The van der Waals surface area contributed by atoms with E-state index in [4.69, 9.17) is 0 Å². The van der Waals surface area contributed by atoms with E-state index in [-0.39, 0.29) is 12.1 Å². The summed E-state index contributed by atoms with van der Waals surface area (Å²) in [6.07, 6.45) is 4.96. The van der Waals surface area contributed by atoms with Crippen molar-refractivity contribution in [2.45, 2.75) is 6.54 Å². The van der Waals surface area contributed by atoms with Gasteiger partial charge in [0.1, 0.15) is 12.4 Å². The van der Waals surface area contributed by atoms with Crippen LogP contribution in [0.25, 0.3) is 10.8 Å². The van der Waals surface area contributed by atoms with Gasteiger partial charge < -0.3 is 0 Å². The molecular weight excluding hydrogens is 308 g/mol. The Hall–Kier alpha value is -2.08. The molecule has 2 aromatic heterocycles. The van der Waals surface area contributed by atoms with Crippen LogP contribution in [0.1, 0.15) is 5.82 Å². The highest BCUT2D eigenvalue weighted by Gasteiger charge is 2.06. The molecule has 0 unspecified atom stereocenters. The van der Waals surface area contributed by atoms with Crippen LogP contribution in [0.3, 0.4) is 0 Å². The summed E-state index contributed by atoms with van der Waals surface area (Å²) in [4.78, 5) is 20.5. The number of hydrogen-bond acceptors (Lipinski definition) is 4. The highest BCUT2D eigenvalue weighted by atomic mass is 79.9. The first-order valence-electron chi connectivity index (χ1n) is 5.65. The molecule has 0 N–H and O–H groups in total. The third-order valence-electron chi connectivity index (χ3n) is 2.73. The van der Waals surface area contributed by atoms with Crippen molar-refractivity contribution >= 4 is 26.7 Å². The first-order valence-corrected chi connectivity index (χ1v) is 6.44. The van der Waals surface area contributed by atoms with E-state index in [1.54, 1.807) is 30.7 Å². The predicted octanol–water partition coefficient (Wildman–Crippen LogP) is 2.00. The van der Waals surface area contributed by atoms with Gasteiger partial charge in [0, 0.05) is 22.3 Å². The Morgan fingerprint density at radius 1 is 1.21 bits per heavy atom. The van der Waals surface area contributed by atoms with Gasteiger partial charge in [0.05, 0.1) is 11.6 Å². The molecule has 0 saturated heterocycles. The number of hydrogen-bond donors (Lipinski definition) is 0. The summed E-state index contributed by atoms with van der Waals surface area (Å²) in [7, 11) is 0. The van der Waals surface area contributed by atoms with Crippen molar-refractivity contribution < 1.29 is 0 Å². The van der Waals surface area contributed by atoms with Crippen LogP contribution < -0.4 is 5.56 Å². The normalized spacial score (nSPS) is 10.8. The molecule has 0 bridgehead atoms. The van der Waals surface area contributed by atoms with Gasteiger partial charge in [0.25, 0.3) is 5.56 Å². The van der Waals surface area contributed by atoms with E-state index in [0.717, 1.165) is 9.86 Å². The maximum Gasteiger partial charge on any atom is 0.275 e. The molecule has 94 valence electrons. The number of halogens is 1. The molecule has 2 heterocycles. The van der Waals surface area contributed by atoms with Crippen molar-refractivity contribution in [2.24, 2.45) is 0 Å². The van der Waals surface area contributed by atoms with Gasteiger partial charge in [-0.2, -0.15) is 5.10 Å². The zero-order chi connectivity index (χ0) is 13.2. The van der Waals surface area contributed by atoms with E-state index in [2.05, 4.69) is 31.0 Å². The van der Waals surface area contributed by atoms with Crippen LogP contribution in [0.5, 0.6) is 0 Å². The van der Waals surface area contributed by atoms with E-state index >= 15 is 0 Å². The molecule has 5 nitrogen and oxygen atoms in total. The average Bonchev–Trinajstić information content (AvgIpc) is 2.43. The van der Waals surface area contributed by atoms with Crippen molar-refractivity contribution in [3.8, 4) is 0 Å². The molecule has 3 rings (SSSR count). The van der Waals surface area contributed by atoms with Crippen LogP contribution >= 0.6 is 15.9 Å². The van der Waals surface area contributed by atoms with Gasteiger partial charge in [0.15, 0.2) is 0 Å². The maximum atomic E-state index is 12.3. The van der Waals surface area contributed by atoms with Gasteiger partial charge in [-0.3, -0.25) is 4.79 Å². The Morgan fingerprint density at radius 3 is 2.79 bits per heavy atom. The van der Waals surface area contributed by atoms with E-state index in [9.17, 15) is 4.79 Å². The van der Waals surface area contributed by atoms with E-state index in [1.165, 1.54) is 4.68 Å². The monoisotopic (exact) mass is 316 g/mol. The minimum absolute atomic E-state index is 0.141. The summed E-state index contributed by atoms with van der Waals surface area (Å²) in [5, 5.41) is 5.59. The molecule has 0 spiro atoms. The fraction of sp³-hybridized carbons (Fsp3) is 0.0769. The van der Waals surface area contributed by atoms with E-state index in [0.29, 0.717) is 11.2 Å². The second-order valence-corrected chi connectivity index (χ2v) is 4.92. The first kappa shape index (κ1) is 12.0. The van der Waals surface area contributed by atoms with Crippen LogP contribution in [0.2, 0.25) is 0 Å². The van der Waals surface area contributed by atoms with Crippen LogP contribution in [-0.2, 0) is 6.54 Å². The first-order chi connectivity index (χ1) is 9.24. The maximum absolute atomic E-state index is 12.3. The summed E-state index contributed by atoms with van der Waals surface area (Å²) < 4.78 is 2.29. The fourth-order valence-electron chi connectivity index (χ4n) is 1.82. The SMILES string of the molecule is O=c1c2ccc(Br)cc2cnn1Cc1ncccn1. The Kier molecular flexibility index (Phi) is 3.08. The van der Waals surface area contributed by atoms with Crippen LogP contribution in [0, 0.1) is 0 Å². The second kappa shape index (κ2) is 4.89. The summed E-state index contributed by atoms with van der Waals surface area (Å²) in [6, 6.07) is 7.23. The second-order valence-electron chi connectivity index (χ2n) is 4.00. The summed E-state index contributed by atoms with van der Waals surface area (Å²) in [5.74, 6) is 0.563. The van der Waals surface area contributed by atoms with Gasteiger partial charge in [-0.05, 0) is 24.3 Å². The van der Waals surface area contributed by atoms with Gasteiger partial charge in [0.2, 0.25) is 0 Å². The fourth-order valence-corrected chi connectivity index (χ4v) is 2.20. The Bertz CT molecular complexity index is 786. The smallest absolute Gasteiger partial charge is 0.267 e. The van der Waals surface area contributed by atoms with Crippen molar-refractivity contribution in [1.82, 2.24) is 19.7 Å². The number of aromatic nitrogens is 4. The Balaban J connectivity index is 2.08. The summed E-state index contributed by atoms with van der Waals surface area (Å²) in [6.45, 7) is 0.270. The lowest BCUT2D eigenvalue weighted by Crippen LogP contribution is -2.24. The van der Waals surface area contributed by atoms with Crippen molar-refractivity contribution in [3.63, 3.8) is 0 Å². The average molecular weight is 317 g/mol. The van der Waals surface area contributed by atoms with Gasteiger partial charge >= 0.3 is 0 Å². The Labute approximate surface area is 117 Å². The largest absolute Gasteiger partial charge is 0.275 e. The van der Waals surface area contributed by atoms with Crippen LogP contribution in [-0.4, -0.2) is 19.7 Å². The number of nitrogens with zero attached hydrogens (tertiary/aromatic N) is 4. The zero-order valence-electron chi connectivity index (χ0n) is 9.82. The van der Waals surface area contributed by atoms with Crippen molar-refractivity contribution in [1.29, 1.82) is 0 Å². The van der Waals surface area contributed by atoms with Gasteiger partial charge in [-0.25, -0.2) is 14.6 Å². The van der Waals surface area contributed by atoms with Crippen LogP contribution in [0.4, 0.5) is 0 Å². The zero-order valence-corrected chi connectivity index (χ0v) is 11.4. The van der Waals surface area contributed by atoms with Gasteiger partial charge in [-0.1, -0.05) is 15.9 Å². The lowest BCUT2D eigenvalue weighted by molar-refractivity contribution is 0.621. The molecular formula is C13H9BrN4O. The van der Waals surface area contributed by atoms with Crippen LogP contribution in [0.15, 0.2) is 52.1 Å². The topological polar surface area (TPSA) is 60.7 Å². The van der Waals surface area contributed by atoms with Crippen molar-refractivity contribution in [3.05, 3.63) is 63.5 Å². The number of fused-ring (bicyclic) bond motifs is 1. The van der Waals surface area contributed by atoms with E-state index in [1.807, 2.05) is 12.1 Å². The molecule has 0 aliphatic heterocycles. The minimum Gasteiger partial charge on any atom is -0.267 e. The molecule has 0 atom stereocenters. The van der Waals surface area contributed by atoms with Gasteiger partial charge in [-0.15, -0.1) is 0 Å². The minimum atomic E-state index is -0.141. The number of benzene rings is 1. The molecule has 3 aromatic rings. The predicted molar refractivity (Wildman–Crippen MR) is 74.8 cm³/mol. The lowest BCUT2D eigenvalue weighted by atomic mass is 10.2.